The summed E-state index contributed by atoms with van der Waals surface area (Å²) < 4.78 is 13.6. The Morgan fingerprint density at radius 3 is 2.83 bits per heavy atom. The molecule has 2 rings (SSSR count). The molecule has 1 aliphatic heterocycles. The van der Waals surface area contributed by atoms with Crippen LogP contribution in [0.5, 0.6) is 0 Å². The first kappa shape index (κ1) is 13.0. The number of halogens is 2. The zero-order valence-corrected chi connectivity index (χ0v) is 11.3. The number of hydrogen-bond donors (Lipinski definition) is 1. The van der Waals surface area contributed by atoms with Gasteiger partial charge in [0, 0.05) is 19.2 Å². The number of hydrogen-bond acceptors (Lipinski definition) is 2. The van der Waals surface area contributed by atoms with E-state index in [1.54, 1.807) is 11.9 Å². The van der Waals surface area contributed by atoms with Gasteiger partial charge in [-0.3, -0.25) is 9.59 Å². The normalized spacial score (nSPS) is 19.2. The third-order valence-corrected chi connectivity index (χ3v) is 3.56. The van der Waals surface area contributed by atoms with Crippen LogP contribution in [0.25, 0.3) is 0 Å². The molecule has 96 valence electrons. The molecule has 0 bridgehead atoms. The number of nitrogens with zero attached hydrogens (tertiary/aromatic N) is 1. The van der Waals surface area contributed by atoms with Crippen molar-refractivity contribution >= 4 is 27.7 Å². The van der Waals surface area contributed by atoms with Gasteiger partial charge in [-0.1, -0.05) is 0 Å². The van der Waals surface area contributed by atoms with Gasteiger partial charge in [-0.25, -0.2) is 4.39 Å². The molecular weight excluding hydrogens is 303 g/mol. The molecule has 1 unspecified atom stereocenters. The highest BCUT2D eigenvalue weighted by Gasteiger charge is 2.30. The quantitative estimate of drug-likeness (QED) is 0.900. The van der Waals surface area contributed by atoms with E-state index < -0.39 is 17.8 Å². The van der Waals surface area contributed by atoms with E-state index in [4.69, 9.17) is 0 Å². The smallest absolute Gasteiger partial charge is 0.252 e. The van der Waals surface area contributed by atoms with E-state index in [1.807, 2.05) is 0 Å². The first-order valence-corrected chi connectivity index (χ1v) is 6.29. The van der Waals surface area contributed by atoms with Crippen LogP contribution in [0.15, 0.2) is 22.7 Å². The van der Waals surface area contributed by atoms with E-state index >= 15 is 0 Å². The molecule has 1 fully saturated rings. The molecule has 0 radical (unpaired) electrons. The highest BCUT2D eigenvalue weighted by molar-refractivity contribution is 9.10. The van der Waals surface area contributed by atoms with E-state index in [1.165, 1.54) is 12.1 Å². The summed E-state index contributed by atoms with van der Waals surface area (Å²) in [4.78, 5) is 25.0. The van der Waals surface area contributed by atoms with Crippen molar-refractivity contribution in [1.29, 1.82) is 0 Å². The standard InChI is InChI=1S/C12H12BrFN2O2/c1-16-5-4-10(12(16)18)15-11(17)7-2-3-8(13)9(14)6-7/h2-3,6,10H,4-5H2,1H3,(H,15,17). The van der Waals surface area contributed by atoms with E-state index in [0.717, 1.165) is 6.07 Å². The molecule has 1 heterocycles. The second-order valence-electron chi connectivity index (χ2n) is 4.20. The van der Waals surface area contributed by atoms with Gasteiger partial charge in [-0.2, -0.15) is 0 Å². The van der Waals surface area contributed by atoms with E-state index in [-0.39, 0.29) is 11.5 Å². The Balaban J connectivity index is 2.08. The molecule has 1 aromatic rings. The fourth-order valence-electron chi connectivity index (χ4n) is 1.84. The van der Waals surface area contributed by atoms with Crippen molar-refractivity contribution in [1.82, 2.24) is 10.2 Å². The molecule has 4 nitrogen and oxygen atoms in total. The monoisotopic (exact) mass is 314 g/mol. The lowest BCUT2D eigenvalue weighted by Gasteiger charge is -2.12. The second kappa shape index (κ2) is 5.06. The number of nitrogens with one attached hydrogen (secondary N) is 1. The fourth-order valence-corrected chi connectivity index (χ4v) is 2.08. The molecule has 1 atom stereocenters. The zero-order chi connectivity index (χ0) is 13.3. The van der Waals surface area contributed by atoms with Crippen molar-refractivity contribution in [3.05, 3.63) is 34.1 Å². The predicted octanol–water partition coefficient (Wildman–Crippen LogP) is 1.55. The summed E-state index contributed by atoms with van der Waals surface area (Å²) >= 11 is 3.02. The molecule has 1 aromatic carbocycles. The van der Waals surface area contributed by atoms with Gasteiger partial charge < -0.3 is 10.2 Å². The van der Waals surface area contributed by atoms with E-state index in [9.17, 15) is 14.0 Å². The highest BCUT2D eigenvalue weighted by Crippen LogP contribution is 2.17. The van der Waals surface area contributed by atoms with Crippen LogP contribution in [0.1, 0.15) is 16.8 Å². The minimum atomic E-state index is -0.505. The summed E-state index contributed by atoms with van der Waals surface area (Å²) in [7, 11) is 1.69. The molecule has 6 heteroatoms. The lowest BCUT2D eigenvalue weighted by molar-refractivity contribution is -0.128. The molecule has 2 amide bonds. The molecule has 1 N–H and O–H groups in total. The average molecular weight is 315 g/mol. The Kier molecular flexibility index (Phi) is 3.65. The van der Waals surface area contributed by atoms with Crippen molar-refractivity contribution in [3.63, 3.8) is 0 Å². The third-order valence-electron chi connectivity index (χ3n) is 2.91. The minimum Gasteiger partial charge on any atom is -0.344 e. The van der Waals surface area contributed by atoms with Gasteiger partial charge in [0.05, 0.1) is 4.47 Å². The fraction of sp³-hybridized carbons (Fsp3) is 0.333. The first-order chi connectivity index (χ1) is 8.49. The van der Waals surface area contributed by atoms with Gasteiger partial charge in [0.15, 0.2) is 0 Å². The molecule has 0 aromatic heterocycles. The summed E-state index contributed by atoms with van der Waals surface area (Å²) in [6.07, 6.45) is 0.583. The number of carbonyl (C=O) groups excluding carboxylic acids is 2. The van der Waals surface area contributed by atoms with Crippen LogP contribution in [0.3, 0.4) is 0 Å². The summed E-state index contributed by atoms with van der Waals surface area (Å²) in [6.45, 7) is 0.623. The van der Waals surface area contributed by atoms with Gasteiger partial charge >= 0.3 is 0 Å². The Bertz CT molecular complexity index is 507. The number of likely N-dealkylation sites (N-methyl/N-ethyl adjacent to an activating group) is 1. The van der Waals surface area contributed by atoms with E-state index in [0.29, 0.717) is 17.4 Å². The van der Waals surface area contributed by atoms with Gasteiger partial charge in [0.1, 0.15) is 11.9 Å². The van der Waals surface area contributed by atoms with Gasteiger partial charge in [-0.05, 0) is 40.5 Å². The summed E-state index contributed by atoms with van der Waals surface area (Å²) in [6, 6.07) is 3.61. The molecule has 0 spiro atoms. The Morgan fingerprint density at radius 2 is 2.28 bits per heavy atom. The molecule has 0 aliphatic carbocycles. The molecule has 0 saturated carbocycles. The maximum Gasteiger partial charge on any atom is 0.252 e. The van der Waals surface area contributed by atoms with Gasteiger partial charge in [0.25, 0.3) is 5.91 Å². The van der Waals surface area contributed by atoms with Crippen LogP contribution in [-0.2, 0) is 4.79 Å². The second-order valence-corrected chi connectivity index (χ2v) is 5.06. The van der Waals surface area contributed by atoms with Gasteiger partial charge in [-0.15, -0.1) is 0 Å². The van der Waals surface area contributed by atoms with Crippen molar-refractivity contribution in [2.45, 2.75) is 12.5 Å². The summed E-state index contributed by atoms with van der Waals surface area (Å²) in [5.41, 5.74) is 0.207. The topological polar surface area (TPSA) is 49.4 Å². The number of benzene rings is 1. The minimum absolute atomic E-state index is 0.110. The van der Waals surface area contributed by atoms with Crippen LogP contribution < -0.4 is 5.32 Å². The number of rotatable bonds is 2. The molecular formula is C12H12BrFN2O2. The Labute approximate surface area is 112 Å². The maximum atomic E-state index is 13.3. The lowest BCUT2D eigenvalue weighted by atomic mass is 10.2. The van der Waals surface area contributed by atoms with Crippen LogP contribution in [0.4, 0.5) is 4.39 Å². The van der Waals surface area contributed by atoms with Crippen LogP contribution in [-0.4, -0.2) is 36.3 Å². The van der Waals surface area contributed by atoms with Crippen molar-refractivity contribution in [2.24, 2.45) is 0 Å². The summed E-state index contributed by atoms with van der Waals surface area (Å²) in [5, 5.41) is 2.61. The van der Waals surface area contributed by atoms with Crippen molar-refractivity contribution in [3.8, 4) is 0 Å². The number of amides is 2. The number of carbonyl (C=O) groups is 2. The third kappa shape index (κ3) is 2.53. The predicted molar refractivity (Wildman–Crippen MR) is 67.6 cm³/mol. The molecule has 1 aliphatic rings. The van der Waals surface area contributed by atoms with E-state index in [2.05, 4.69) is 21.2 Å². The number of likely N-dealkylation sites (tertiary alicyclic amines) is 1. The summed E-state index contributed by atoms with van der Waals surface area (Å²) in [5.74, 6) is -1.05. The molecule has 18 heavy (non-hydrogen) atoms. The van der Waals surface area contributed by atoms with Crippen LogP contribution in [0.2, 0.25) is 0 Å². The largest absolute Gasteiger partial charge is 0.344 e. The Hall–Kier alpha value is -1.43. The first-order valence-electron chi connectivity index (χ1n) is 5.50. The zero-order valence-electron chi connectivity index (χ0n) is 9.74. The van der Waals surface area contributed by atoms with Crippen LogP contribution in [0, 0.1) is 5.82 Å². The SMILES string of the molecule is CN1CCC(NC(=O)c2ccc(Br)c(F)c2)C1=O. The van der Waals surface area contributed by atoms with Crippen molar-refractivity contribution in [2.75, 3.05) is 13.6 Å². The Morgan fingerprint density at radius 1 is 1.56 bits per heavy atom. The highest BCUT2D eigenvalue weighted by atomic mass is 79.9. The molecule has 1 saturated heterocycles. The van der Waals surface area contributed by atoms with Gasteiger partial charge in [0.2, 0.25) is 5.91 Å². The maximum absolute atomic E-state index is 13.3. The lowest BCUT2D eigenvalue weighted by Crippen LogP contribution is -2.40. The van der Waals surface area contributed by atoms with Crippen molar-refractivity contribution < 1.29 is 14.0 Å². The average Bonchev–Trinajstić information content (AvgIpc) is 2.64. The van der Waals surface area contributed by atoms with Crippen LogP contribution >= 0.6 is 15.9 Å².